The molecule has 1 saturated heterocycles. The molecule has 1 aliphatic heterocycles. The number of aromatic nitrogens is 4. The molecular formula is C19H24N6OS. The average Bonchev–Trinajstić information content (AvgIpc) is 3.33. The van der Waals surface area contributed by atoms with Crippen LogP contribution in [0.2, 0.25) is 0 Å². The quantitative estimate of drug-likeness (QED) is 0.668. The number of anilines is 1. The van der Waals surface area contributed by atoms with Crippen LogP contribution >= 0.6 is 11.3 Å². The molecule has 4 heterocycles. The summed E-state index contributed by atoms with van der Waals surface area (Å²) >= 11 is 1.63. The Morgan fingerprint density at radius 1 is 1.15 bits per heavy atom. The third kappa shape index (κ3) is 4.17. The first kappa shape index (κ1) is 18.1. The molecule has 3 aromatic heterocycles. The van der Waals surface area contributed by atoms with Crippen LogP contribution in [0.15, 0.2) is 27.4 Å². The monoisotopic (exact) mass is 384 g/mol. The van der Waals surface area contributed by atoms with Crippen molar-refractivity contribution in [1.29, 1.82) is 0 Å². The lowest BCUT2D eigenvalue weighted by molar-refractivity contribution is 0.215. The van der Waals surface area contributed by atoms with Crippen LogP contribution in [0.1, 0.15) is 37.2 Å². The Kier molecular flexibility index (Phi) is 5.18. The zero-order valence-electron chi connectivity index (χ0n) is 15.9. The van der Waals surface area contributed by atoms with Crippen LogP contribution in [0.25, 0.3) is 11.4 Å². The number of piperazine rings is 1. The van der Waals surface area contributed by atoms with E-state index in [1.807, 2.05) is 23.8 Å². The van der Waals surface area contributed by atoms with Gasteiger partial charge in [-0.15, -0.1) is 0 Å². The molecule has 3 aromatic rings. The van der Waals surface area contributed by atoms with E-state index in [2.05, 4.69) is 44.8 Å². The second kappa shape index (κ2) is 7.74. The van der Waals surface area contributed by atoms with Crippen molar-refractivity contribution in [2.75, 3.05) is 31.1 Å². The molecule has 0 atom stereocenters. The van der Waals surface area contributed by atoms with Crippen LogP contribution in [-0.2, 0) is 6.54 Å². The summed E-state index contributed by atoms with van der Waals surface area (Å²) in [6.07, 6.45) is 0. The van der Waals surface area contributed by atoms with Gasteiger partial charge in [-0.3, -0.25) is 4.90 Å². The minimum Gasteiger partial charge on any atom is -0.354 e. The van der Waals surface area contributed by atoms with Crippen molar-refractivity contribution >= 4 is 17.2 Å². The van der Waals surface area contributed by atoms with Gasteiger partial charge in [-0.05, 0) is 18.4 Å². The van der Waals surface area contributed by atoms with E-state index < -0.39 is 0 Å². The first-order valence-electron chi connectivity index (χ1n) is 9.26. The summed E-state index contributed by atoms with van der Waals surface area (Å²) in [7, 11) is 0. The van der Waals surface area contributed by atoms with Crippen molar-refractivity contribution in [2.45, 2.75) is 33.2 Å². The van der Waals surface area contributed by atoms with Gasteiger partial charge in [0.05, 0.1) is 6.54 Å². The summed E-state index contributed by atoms with van der Waals surface area (Å²) in [5.74, 6) is 3.62. The molecule has 0 radical (unpaired) electrons. The maximum absolute atomic E-state index is 5.43. The second-order valence-corrected chi connectivity index (χ2v) is 7.95. The number of nitrogens with zero attached hydrogens (tertiary/aromatic N) is 6. The van der Waals surface area contributed by atoms with Gasteiger partial charge in [-0.25, -0.2) is 9.97 Å². The standard InChI is InChI=1S/C19H24N6OS/c1-13(2)18-20-14(3)10-16(21-18)25-7-5-24(6-8-25)11-17-22-19(23-26-17)15-4-9-27-12-15/h4,9-10,12-13H,5-8,11H2,1-3H3. The van der Waals surface area contributed by atoms with Gasteiger partial charge < -0.3 is 9.42 Å². The summed E-state index contributed by atoms with van der Waals surface area (Å²) in [5, 5.41) is 8.14. The topological polar surface area (TPSA) is 71.2 Å². The molecule has 27 heavy (non-hydrogen) atoms. The minimum atomic E-state index is 0.333. The van der Waals surface area contributed by atoms with Gasteiger partial charge >= 0.3 is 0 Å². The van der Waals surface area contributed by atoms with E-state index in [1.165, 1.54) is 0 Å². The number of rotatable bonds is 5. The molecule has 0 N–H and O–H groups in total. The van der Waals surface area contributed by atoms with Gasteiger partial charge in [-0.2, -0.15) is 16.3 Å². The Morgan fingerprint density at radius 3 is 2.67 bits per heavy atom. The Labute approximate surface area is 163 Å². The van der Waals surface area contributed by atoms with Crippen molar-refractivity contribution in [2.24, 2.45) is 0 Å². The Bertz CT molecular complexity index is 884. The van der Waals surface area contributed by atoms with Crippen LogP contribution in [-0.4, -0.2) is 51.2 Å². The Morgan fingerprint density at radius 2 is 1.96 bits per heavy atom. The molecule has 7 nitrogen and oxygen atoms in total. The molecule has 8 heteroatoms. The molecule has 0 amide bonds. The van der Waals surface area contributed by atoms with Crippen LogP contribution < -0.4 is 4.90 Å². The van der Waals surface area contributed by atoms with Gasteiger partial charge in [-0.1, -0.05) is 19.0 Å². The fourth-order valence-electron chi connectivity index (χ4n) is 3.15. The molecule has 1 aliphatic rings. The van der Waals surface area contributed by atoms with Crippen molar-refractivity contribution in [3.8, 4) is 11.4 Å². The van der Waals surface area contributed by atoms with Crippen LogP contribution in [0, 0.1) is 6.92 Å². The van der Waals surface area contributed by atoms with E-state index in [-0.39, 0.29) is 0 Å². The van der Waals surface area contributed by atoms with E-state index in [0.29, 0.717) is 24.2 Å². The van der Waals surface area contributed by atoms with Crippen LogP contribution in [0.4, 0.5) is 5.82 Å². The largest absolute Gasteiger partial charge is 0.354 e. The number of hydrogen-bond acceptors (Lipinski definition) is 8. The first-order chi connectivity index (χ1) is 13.1. The fourth-order valence-corrected chi connectivity index (χ4v) is 3.78. The Balaban J connectivity index is 1.37. The molecule has 1 fully saturated rings. The molecule has 0 saturated carbocycles. The summed E-state index contributed by atoms with van der Waals surface area (Å²) in [6.45, 7) is 10.7. The van der Waals surface area contributed by atoms with Gasteiger partial charge in [0.15, 0.2) is 0 Å². The highest BCUT2D eigenvalue weighted by Gasteiger charge is 2.21. The van der Waals surface area contributed by atoms with E-state index in [1.54, 1.807) is 11.3 Å². The highest BCUT2D eigenvalue weighted by molar-refractivity contribution is 7.08. The van der Waals surface area contributed by atoms with Gasteiger partial charge in [0.25, 0.3) is 0 Å². The molecule has 142 valence electrons. The van der Waals surface area contributed by atoms with Gasteiger partial charge in [0, 0.05) is 54.8 Å². The van der Waals surface area contributed by atoms with E-state index >= 15 is 0 Å². The van der Waals surface area contributed by atoms with E-state index in [4.69, 9.17) is 9.51 Å². The smallest absolute Gasteiger partial charge is 0.241 e. The Hall–Kier alpha value is -2.32. The third-order valence-electron chi connectivity index (χ3n) is 4.68. The molecular weight excluding hydrogens is 360 g/mol. The molecule has 0 unspecified atom stereocenters. The predicted octanol–water partition coefficient (Wildman–Crippen LogP) is 3.34. The molecule has 4 rings (SSSR count). The lowest BCUT2D eigenvalue weighted by Gasteiger charge is -2.34. The number of aryl methyl sites for hydroxylation is 1. The normalized spacial score (nSPS) is 15.6. The molecule has 0 spiro atoms. The third-order valence-corrected chi connectivity index (χ3v) is 5.36. The number of thiophene rings is 1. The summed E-state index contributed by atoms with van der Waals surface area (Å²) in [5.41, 5.74) is 2.04. The highest BCUT2D eigenvalue weighted by Crippen LogP contribution is 2.21. The van der Waals surface area contributed by atoms with Gasteiger partial charge in [0.1, 0.15) is 11.6 Å². The zero-order valence-corrected chi connectivity index (χ0v) is 16.7. The van der Waals surface area contributed by atoms with Crippen molar-refractivity contribution in [3.63, 3.8) is 0 Å². The lowest BCUT2D eigenvalue weighted by atomic mass is 10.2. The summed E-state index contributed by atoms with van der Waals surface area (Å²) < 4.78 is 5.43. The number of hydrogen-bond donors (Lipinski definition) is 0. The van der Waals surface area contributed by atoms with Crippen LogP contribution in [0.5, 0.6) is 0 Å². The summed E-state index contributed by atoms with van der Waals surface area (Å²) in [4.78, 5) is 18.5. The zero-order chi connectivity index (χ0) is 18.8. The predicted molar refractivity (Wildman–Crippen MR) is 106 cm³/mol. The van der Waals surface area contributed by atoms with Gasteiger partial charge in [0.2, 0.25) is 11.7 Å². The van der Waals surface area contributed by atoms with Crippen molar-refractivity contribution in [1.82, 2.24) is 25.0 Å². The highest BCUT2D eigenvalue weighted by atomic mass is 32.1. The van der Waals surface area contributed by atoms with E-state index in [9.17, 15) is 0 Å². The SMILES string of the molecule is Cc1cc(N2CCN(Cc3nc(-c4ccsc4)no3)CC2)nc(C(C)C)n1. The van der Waals surface area contributed by atoms with Crippen LogP contribution in [0.3, 0.4) is 0 Å². The average molecular weight is 385 g/mol. The first-order valence-corrected chi connectivity index (χ1v) is 10.2. The maximum Gasteiger partial charge on any atom is 0.241 e. The van der Waals surface area contributed by atoms with Crippen molar-refractivity contribution < 1.29 is 4.52 Å². The van der Waals surface area contributed by atoms with Crippen molar-refractivity contribution in [3.05, 3.63) is 40.3 Å². The van der Waals surface area contributed by atoms with E-state index in [0.717, 1.165) is 49.1 Å². The molecule has 0 aromatic carbocycles. The molecule has 0 aliphatic carbocycles. The maximum atomic E-state index is 5.43. The molecule has 0 bridgehead atoms. The fraction of sp³-hybridized carbons (Fsp3) is 0.474. The summed E-state index contributed by atoms with van der Waals surface area (Å²) in [6, 6.07) is 4.08. The second-order valence-electron chi connectivity index (χ2n) is 7.17. The minimum absolute atomic E-state index is 0.333. The lowest BCUT2D eigenvalue weighted by Crippen LogP contribution is -2.46.